The number of benzene rings is 2. The van der Waals surface area contributed by atoms with E-state index in [1.54, 1.807) is 30.3 Å². The van der Waals surface area contributed by atoms with Crippen LogP contribution in [0.2, 0.25) is 5.02 Å². The third-order valence-corrected chi connectivity index (χ3v) is 4.89. The second kappa shape index (κ2) is 8.34. The second-order valence-corrected chi connectivity index (χ2v) is 7.21. The molecule has 0 aliphatic rings. The zero-order valence-electron chi connectivity index (χ0n) is 14.8. The number of thiazole rings is 1. The van der Waals surface area contributed by atoms with Crippen LogP contribution >= 0.6 is 22.9 Å². The quantitative estimate of drug-likeness (QED) is 0.482. The van der Waals surface area contributed by atoms with Crippen molar-refractivity contribution in [2.45, 2.75) is 0 Å². The Hall–Kier alpha value is -3.36. The van der Waals surface area contributed by atoms with Gasteiger partial charge in [0.2, 0.25) is 0 Å². The lowest BCUT2D eigenvalue weighted by Crippen LogP contribution is -2.21. The van der Waals surface area contributed by atoms with E-state index in [0.717, 1.165) is 5.56 Å². The first-order valence-electron chi connectivity index (χ1n) is 8.49. The lowest BCUT2D eigenvalue weighted by molar-refractivity contribution is -0.119. The zero-order valence-corrected chi connectivity index (χ0v) is 16.4. The molecule has 0 fully saturated rings. The van der Waals surface area contributed by atoms with Crippen LogP contribution < -0.4 is 5.32 Å². The molecule has 2 heterocycles. The number of hydrogen-bond donors (Lipinski definition) is 1. The van der Waals surface area contributed by atoms with Gasteiger partial charge < -0.3 is 4.74 Å². The summed E-state index contributed by atoms with van der Waals surface area (Å²) in [6.07, 6.45) is 1.32. The van der Waals surface area contributed by atoms with Gasteiger partial charge in [-0.2, -0.15) is 0 Å². The Morgan fingerprint density at radius 3 is 2.59 bits per heavy atom. The molecule has 0 aliphatic carbocycles. The van der Waals surface area contributed by atoms with Crippen LogP contribution in [0.25, 0.3) is 22.3 Å². The van der Waals surface area contributed by atoms with Crippen molar-refractivity contribution in [1.29, 1.82) is 0 Å². The van der Waals surface area contributed by atoms with E-state index < -0.39 is 18.5 Å². The SMILES string of the molecule is O=C(COC(=O)c1cnc2ccccc2n1)Nc1nc(-c2ccc(Cl)cc2)cs1. The van der Waals surface area contributed by atoms with Crippen LogP contribution in [0.5, 0.6) is 0 Å². The van der Waals surface area contributed by atoms with Gasteiger partial charge in [0, 0.05) is 16.0 Å². The number of fused-ring (bicyclic) bond motifs is 1. The van der Waals surface area contributed by atoms with Crippen LogP contribution in [-0.2, 0) is 9.53 Å². The molecule has 0 bridgehead atoms. The Labute approximate surface area is 174 Å². The fraction of sp³-hybridized carbons (Fsp3) is 0.0500. The van der Waals surface area contributed by atoms with E-state index in [1.165, 1.54) is 17.5 Å². The molecule has 0 unspecified atom stereocenters. The Morgan fingerprint density at radius 1 is 1.03 bits per heavy atom. The minimum Gasteiger partial charge on any atom is -0.451 e. The van der Waals surface area contributed by atoms with Gasteiger partial charge in [0.25, 0.3) is 5.91 Å². The van der Waals surface area contributed by atoms with E-state index in [9.17, 15) is 9.59 Å². The van der Waals surface area contributed by atoms with Crippen LogP contribution in [-0.4, -0.2) is 33.4 Å². The highest BCUT2D eigenvalue weighted by Crippen LogP contribution is 2.25. The average molecular weight is 425 g/mol. The van der Waals surface area contributed by atoms with Crippen LogP contribution in [0.1, 0.15) is 10.5 Å². The number of halogens is 1. The van der Waals surface area contributed by atoms with E-state index in [4.69, 9.17) is 16.3 Å². The summed E-state index contributed by atoms with van der Waals surface area (Å²) in [5.74, 6) is -1.22. The molecule has 0 radical (unpaired) electrons. The monoisotopic (exact) mass is 424 g/mol. The summed E-state index contributed by atoms with van der Waals surface area (Å²) in [6.45, 7) is -0.455. The van der Waals surface area contributed by atoms with Gasteiger partial charge >= 0.3 is 5.97 Å². The molecule has 1 amide bonds. The van der Waals surface area contributed by atoms with Gasteiger partial charge in [0.05, 0.1) is 22.9 Å². The molecule has 4 aromatic rings. The molecule has 0 saturated heterocycles. The Bertz CT molecular complexity index is 1190. The van der Waals surface area contributed by atoms with Crippen molar-refractivity contribution >= 4 is 51.0 Å². The number of esters is 1. The summed E-state index contributed by atoms with van der Waals surface area (Å²) in [7, 11) is 0. The molecule has 4 rings (SSSR count). The van der Waals surface area contributed by atoms with Gasteiger partial charge in [-0.05, 0) is 24.3 Å². The summed E-state index contributed by atoms with van der Waals surface area (Å²) in [4.78, 5) is 36.9. The zero-order chi connectivity index (χ0) is 20.2. The van der Waals surface area contributed by atoms with Crippen molar-refractivity contribution in [3.63, 3.8) is 0 Å². The van der Waals surface area contributed by atoms with Crippen LogP contribution in [0.4, 0.5) is 5.13 Å². The third-order valence-electron chi connectivity index (χ3n) is 3.88. The van der Waals surface area contributed by atoms with Crippen molar-refractivity contribution < 1.29 is 14.3 Å². The van der Waals surface area contributed by atoms with Crippen molar-refractivity contribution in [3.8, 4) is 11.3 Å². The van der Waals surface area contributed by atoms with Crippen LogP contribution in [0.3, 0.4) is 0 Å². The predicted molar refractivity (Wildman–Crippen MR) is 111 cm³/mol. The Kier molecular flexibility index (Phi) is 5.46. The molecule has 144 valence electrons. The minimum absolute atomic E-state index is 0.0378. The van der Waals surface area contributed by atoms with Gasteiger partial charge in [-0.25, -0.2) is 14.8 Å². The average Bonchev–Trinajstić information content (AvgIpc) is 3.20. The fourth-order valence-electron chi connectivity index (χ4n) is 2.50. The van der Waals surface area contributed by atoms with Gasteiger partial charge in [-0.3, -0.25) is 15.1 Å². The number of rotatable bonds is 5. The number of anilines is 1. The van der Waals surface area contributed by atoms with Crippen LogP contribution in [0.15, 0.2) is 60.1 Å². The van der Waals surface area contributed by atoms with Crippen molar-refractivity contribution in [3.05, 3.63) is 70.8 Å². The van der Waals surface area contributed by atoms with E-state index in [2.05, 4.69) is 20.3 Å². The number of nitrogens with zero attached hydrogens (tertiary/aromatic N) is 3. The molecule has 2 aromatic carbocycles. The van der Waals surface area contributed by atoms with Gasteiger partial charge in [-0.15, -0.1) is 11.3 Å². The first kappa shape index (κ1) is 19.0. The fourth-order valence-corrected chi connectivity index (χ4v) is 3.36. The minimum atomic E-state index is -0.723. The molecule has 7 nitrogen and oxygen atoms in total. The van der Waals surface area contributed by atoms with E-state index in [0.29, 0.717) is 26.9 Å². The van der Waals surface area contributed by atoms with Crippen molar-refractivity contribution in [2.24, 2.45) is 0 Å². The number of ether oxygens (including phenoxy) is 1. The largest absolute Gasteiger partial charge is 0.451 e. The highest BCUT2D eigenvalue weighted by atomic mass is 35.5. The molecule has 0 atom stereocenters. The Balaban J connectivity index is 1.35. The smallest absolute Gasteiger partial charge is 0.359 e. The van der Waals surface area contributed by atoms with Gasteiger partial charge in [0.15, 0.2) is 17.4 Å². The topological polar surface area (TPSA) is 94.1 Å². The summed E-state index contributed by atoms with van der Waals surface area (Å²) in [6, 6.07) is 14.4. The molecule has 29 heavy (non-hydrogen) atoms. The maximum absolute atomic E-state index is 12.1. The molecule has 0 aliphatic heterocycles. The highest BCUT2D eigenvalue weighted by Gasteiger charge is 2.14. The third kappa shape index (κ3) is 4.56. The lowest BCUT2D eigenvalue weighted by atomic mass is 10.2. The predicted octanol–water partition coefficient (Wildman–Crippen LogP) is 4.20. The second-order valence-electron chi connectivity index (χ2n) is 5.91. The molecular formula is C20H13ClN4O3S. The van der Waals surface area contributed by atoms with E-state index >= 15 is 0 Å². The van der Waals surface area contributed by atoms with Gasteiger partial charge in [0.1, 0.15) is 0 Å². The molecule has 0 saturated carbocycles. The van der Waals surface area contributed by atoms with Crippen LogP contribution in [0, 0.1) is 0 Å². The number of para-hydroxylation sites is 2. The molecule has 2 aromatic heterocycles. The number of carbonyl (C=O) groups is 2. The normalized spacial score (nSPS) is 10.7. The number of nitrogens with one attached hydrogen (secondary N) is 1. The van der Waals surface area contributed by atoms with E-state index in [-0.39, 0.29) is 5.69 Å². The van der Waals surface area contributed by atoms with Gasteiger partial charge in [-0.1, -0.05) is 35.9 Å². The van der Waals surface area contributed by atoms with Crippen molar-refractivity contribution in [1.82, 2.24) is 15.0 Å². The summed E-state index contributed by atoms with van der Waals surface area (Å²) in [5, 5.41) is 5.46. The number of aromatic nitrogens is 3. The molecule has 0 spiro atoms. The summed E-state index contributed by atoms with van der Waals surface area (Å²) in [5.41, 5.74) is 2.87. The maximum atomic E-state index is 12.1. The first-order chi connectivity index (χ1) is 14.1. The Morgan fingerprint density at radius 2 is 1.79 bits per heavy atom. The summed E-state index contributed by atoms with van der Waals surface area (Å²) >= 11 is 7.15. The highest BCUT2D eigenvalue weighted by molar-refractivity contribution is 7.14. The molecular weight excluding hydrogens is 412 g/mol. The first-order valence-corrected chi connectivity index (χ1v) is 9.74. The maximum Gasteiger partial charge on any atom is 0.359 e. The number of hydrogen-bond acceptors (Lipinski definition) is 7. The molecule has 9 heteroatoms. The van der Waals surface area contributed by atoms with E-state index in [1.807, 2.05) is 23.6 Å². The number of amides is 1. The lowest BCUT2D eigenvalue weighted by Gasteiger charge is -2.05. The molecule has 1 N–H and O–H groups in total. The number of carbonyl (C=O) groups excluding carboxylic acids is 2. The standard InChI is InChI=1S/C20H13ClN4O3S/c21-13-7-5-12(6-8-13)17-11-29-20(24-17)25-18(26)10-28-19(27)16-9-22-14-3-1-2-4-15(14)23-16/h1-9,11H,10H2,(H,24,25,26). The van der Waals surface area contributed by atoms with Crippen molar-refractivity contribution in [2.75, 3.05) is 11.9 Å². The summed E-state index contributed by atoms with van der Waals surface area (Å²) < 4.78 is 5.02.